The van der Waals surface area contributed by atoms with Gasteiger partial charge >= 0.3 is 0 Å². The molecule has 2 N–H and O–H groups in total. The Hall–Kier alpha value is -1.74. The second-order valence-corrected chi connectivity index (χ2v) is 7.77. The zero-order valence-corrected chi connectivity index (χ0v) is 12.9. The molecule has 22 heavy (non-hydrogen) atoms. The Morgan fingerprint density at radius 3 is 1.09 bits per heavy atom. The minimum absolute atomic E-state index is 0.0662. The zero-order chi connectivity index (χ0) is 16.4. The first-order valence-electron chi connectivity index (χ1n) is 6.24. The molecule has 0 aliphatic carbocycles. The fourth-order valence-electron chi connectivity index (χ4n) is 2.29. The van der Waals surface area contributed by atoms with Crippen molar-refractivity contribution < 1.29 is 25.9 Å². The van der Waals surface area contributed by atoms with E-state index in [1.54, 1.807) is 12.1 Å². The fraction of sp³-hybridized carbons (Fsp3) is 0.143. The minimum atomic E-state index is -4.79. The van der Waals surface area contributed by atoms with Gasteiger partial charge in [0.15, 0.2) is 0 Å². The predicted molar refractivity (Wildman–Crippen MR) is 81.5 cm³/mol. The second kappa shape index (κ2) is 6.17. The van der Waals surface area contributed by atoms with E-state index in [1.807, 2.05) is 0 Å². The van der Waals surface area contributed by atoms with E-state index in [0.29, 0.717) is 0 Å². The van der Waals surface area contributed by atoms with Crippen LogP contribution in [0, 0.1) is 0 Å². The molecular weight excluding hydrogens is 328 g/mol. The van der Waals surface area contributed by atoms with Crippen LogP contribution in [0.4, 0.5) is 0 Å². The van der Waals surface area contributed by atoms with Crippen molar-refractivity contribution in [3.8, 4) is 0 Å². The average molecular weight is 342 g/mol. The molecule has 2 rings (SSSR count). The third-order valence-corrected chi connectivity index (χ3v) is 5.72. The third-order valence-electron chi connectivity index (χ3n) is 3.17. The molecule has 0 heterocycles. The van der Waals surface area contributed by atoms with E-state index in [2.05, 4.69) is 0 Å². The van der Waals surface area contributed by atoms with Gasteiger partial charge in [-0.1, -0.05) is 60.7 Å². The first-order valence-corrected chi connectivity index (χ1v) is 9.24. The summed E-state index contributed by atoms with van der Waals surface area (Å²) in [6, 6.07) is 14.8. The normalized spacial score (nSPS) is 15.2. The molecular formula is C14H14O6S2. The third kappa shape index (κ3) is 3.72. The SMILES string of the molecule is O=S(=O)(O)C(c1ccccc1)C(c1ccccc1)S(=O)(=O)O. The Kier molecular flexibility index (Phi) is 4.66. The van der Waals surface area contributed by atoms with Crippen molar-refractivity contribution >= 4 is 20.2 Å². The lowest BCUT2D eigenvalue weighted by Crippen LogP contribution is -2.26. The van der Waals surface area contributed by atoms with Crippen LogP contribution < -0.4 is 0 Å². The van der Waals surface area contributed by atoms with Gasteiger partial charge < -0.3 is 0 Å². The first kappa shape index (κ1) is 16.6. The standard InChI is InChI=1S/C14H14O6S2/c15-21(16,17)13(11-7-3-1-4-8-11)14(22(18,19)20)12-9-5-2-6-10-12/h1-10,13-14H,(H,15,16,17)(H,18,19,20). The fourth-order valence-corrected chi connectivity index (χ4v) is 5.07. The molecule has 2 aromatic carbocycles. The number of hydrogen-bond acceptors (Lipinski definition) is 4. The van der Waals surface area contributed by atoms with Gasteiger partial charge in [-0.3, -0.25) is 9.11 Å². The zero-order valence-electron chi connectivity index (χ0n) is 11.3. The van der Waals surface area contributed by atoms with Crippen LogP contribution in [-0.2, 0) is 20.2 Å². The van der Waals surface area contributed by atoms with Crippen molar-refractivity contribution in [3.63, 3.8) is 0 Å². The van der Waals surface area contributed by atoms with E-state index in [-0.39, 0.29) is 11.1 Å². The summed E-state index contributed by atoms with van der Waals surface area (Å²) in [5.41, 5.74) is 0.132. The highest BCUT2D eigenvalue weighted by Gasteiger charge is 2.42. The largest absolute Gasteiger partial charge is 0.285 e. The Labute approximate surface area is 128 Å². The van der Waals surface area contributed by atoms with Crippen LogP contribution in [0.2, 0.25) is 0 Å². The van der Waals surface area contributed by atoms with Crippen molar-refractivity contribution in [1.82, 2.24) is 0 Å². The number of rotatable bonds is 5. The molecule has 0 amide bonds. The molecule has 0 aliphatic heterocycles. The molecule has 2 unspecified atom stereocenters. The Morgan fingerprint density at radius 2 is 0.864 bits per heavy atom. The van der Waals surface area contributed by atoms with Crippen LogP contribution in [0.25, 0.3) is 0 Å². The summed E-state index contributed by atoms with van der Waals surface area (Å²) in [7, 11) is -9.58. The molecule has 0 spiro atoms. The van der Waals surface area contributed by atoms with E-state index >= 15 is 0 Å². The van der Waals surface area contributed by atoms with Crippen LogP contribution in [0.1, 0.15) is 21.6 Å². The summed E-state index contributed by atoms with van der Waals surface area (Å²) < 4.78 is 66.1. The molecule has 0 bridgehead atoms. The van der Waals surface area contributed by atoms with Crippen LogP contribution >= 0.6 is 0 Å². The molecule has 0 aromatic heterocycles. The maximum Gasteiger partial charge on any atom is 0.273 e. The highest BCUT2D eigenvalue weighted by atomic mass is 32.2. The maximum absolute atomic E-state index is 11.8. The summed E-state index contributed by atoms with van der Waals surface area (Å²) in [4.78, 5) is 0. The van der Waals surface area contributed by atoms with Crippen molar-refractivity contribution in [2.24, 2.45) is 0 Å². The second-order valence-electron chi connectivity index (χ2n) is 4.69. The van der Waals surface area contributed by atoms with Gasteiger partial charge in [-0.25, -0.2) is 0 Å². The number of hydrogen-bond donors (Lipinski definition) is 2. The molecule has 118 valence electrons. The molecule has 0 aliphatic rings. The Balaban J connectivity index is 2.71. The van der Waals surface area contributed by atoms with Crippen LogP contribution in [0.15, 0.2) is 60.7 Å². The van der Waals surface area contributed by atoms with E-state index in [1.165, 1.54) is 48.5 Å². The summed E-state index contributed by atoms with van der Waals surface area (Å²) in [6.45, 7) is 0. The van der Waals surface area contributed by atoms with Gasteiger partial charge in [-0.15, -0.1) is 0 Å². The molecule has 8 heteroatoms. The lowest BCUT2D eigenvalue weighted by Gasteiger charge is -2.23. The summed E-state index contributed by atoms with van der Waals surface area (Å²) in [5, 5.41) is -3.66. The highest BCUT2D eigenvalue weighted by molar-refractivity contribution is 7.90. The van der Waals surface area contributed by atoms with E-state index in [9.17, 15) is 25.9 Å². The molecule has 6 nitrogen and oxygen atoms in total. The quantitative estimate of drug-likeness (QED) is 0.807. The topological polar surface area (TPSA) is 109 Å². The maximum atomic E-state index is 11.8. The lowest BCUT2D eigenvalue weighted by atomic mass is 10.0. The van der Waals surface area contributed by atoms with Gasteiger partial charge in [0.05, 0.1) is 0 Å². The van der Waals surface area contributed by atoms with Crippen molar-refractivity contribution in [1.29, 1.82) is 0 Å². The molecule has 0 fully saturated rings. The number of benzene rings is 2. The predicted octanol–water partition coefficient (Wildman–Crippen LogP) is 2.24. The van der Waals surface area contributed by atoms with Crippen molar-refractivity contribution in [3.05, 3.63) is 71.8 Å². The lowest BCUT2D eigenvalue weighted by molar-refractivity contribution is 0.441. The van der Waals surface area contributed by atoms with E-state index < -0.39 is 30.7 Å². The smallest absolute Gasteiger partial charge is 0.273 e. The summed E-state index contributed by atoms with van der Waals surface area (Å²) in [6.07, 6.45) is 0. The van der Waals surface area contributed by atoms with Crippen molar-refractivity contribution in [2.45, 2.75) is 10.5 Å². The van der Waals surface area contributed by atoms with E-state index in [0.717, 1.165) is 0 Å². The molecule has 2 aromatic rings. The summed E-state index contributed by atoms with van der Waals surface area (Å²) in [5.74, 6) is 0. The van der Waals surface area contributed by atoms with E-state index in [4.69, 9.17) is 0 Å². The van der Waals surface area contributed by atoms with Crippen LogP contribution in [-0.4, -0.2) is 25.9 Å². The molecule has 0 saturated carbocycles. The van der Waals surface area contributed by atoms with Gasteiger partial charge in [0.2, 0.25) is 0 Å². The Morgan fingerprint density at radius 1 is 0.591 bits per heavy atom. The van der Waals surface area contributed by atoms with Crippen LogP contribution in [0.3, 0.4) is 0 Å². The van der Waals surface area contributed by atoms with Gasteiger partial charge in [-0.2, -0.15) is 16.8 Å². The van der Waals surface area contributed by atoms with Gasteiger partial charge in [0.1, 0.15) is 10.5 Å². The van der Waals surface area contributed by atoms with Gasteiger partial charge in [0.25, 0.3) is 20.2 Å². The monoisotopic (exact) mass is 342 g/mol. The summed E-state index contributed by atoms with van der Waals surface area (Å²) >= 11 is 0. The van der Waals surface area contributed by atoms with Crippen molar-refractivity contribution in [2.75, 3.05) is 0 Å². The van der Waals surface area contributed by atoms with Gasteiger partial charge in [0, 0.05) is 0 Å². The van der Waals surface area contributed by atoms with Crippen LogP contribution in [0.5, 0.6) is 0 Å². The highest BCUT2D eigenvalue weighted by Crippen LogP contribution is 2.40. The molecule has 2 atom stereocenters. The average Bonchev–Trinajstić information content (AvgIpc) is 2.44. The first-order chi connectivity index (χ1) is 10.2. The Bertz CT molecular complexity index is 756. The van der Waals surface area contributed by atoms with Gasteiger partial charge in [-0.05, 0) is 11.1 Å². The molecule has 0 saturated heterocycles. The minimum Gasteiger partial charge on any atom is -0.285 e. The molecule has 0 radical (unpaired) electrons.